The number of rotatable bonds is 5. The van der Waals surface area contributed by atoms with Gasteiger partial charge in [-0.3, -0.25) is 0 Å². The highest BCUT2D eigenvalue weighted by molar-refractivity contribution is 7.09. The molecule has 1 atom stereocenters. The first-order valence-corrected chi connectivity index (χ1v) is 7.35. The van der Waals surface area contributed by atoms with E-state index in [2.05, 4.69) is 24.5 Å². The Bertz CT molecular complexity index is 315. The number of likely N-dealkylation sites (N-methyl/N-ethyl adjacent to an activating group) is 1. The topological polar surface area (TPSA) is 24.9 Å². The summed E-state index contributed by atoms with van der Waals surface area (Å²) in [7, 11) is 0. The van der Waals surface area contributed by atoms with Gasteiger partial charge in [0.1, 0.15) is 0 Å². The highest BCUT2D eigenvalue weighted by atomic mass is 32.1. The minimum Gasteiger partial charge on any atom is -0.316 e. The molecular formula is C13H22N2S. The van der Waals surface area contributed by atoms with E-state index in [0.717, 1.165) is 19.0 Å². The van der Waals surface area contributed by atoms with Crippen LogP contribution in [0.4, 0.5) is 0 Å². The van der Waals surface area contributed by atoms with E-state index < -0.39 is 0 Å². The summed E-state index contributed by atoms with van der Waals surface area (Å²) in [5, 5.41) is 7.03. The molecule has 0 aliphatic heterocycles. The number of nitrogens with zero attached hydrogens (tertiary/aromatic N) is 1. The van der Waals surface area contributed by atoms with Crippen molar-refractivity contribution in [3.05, 3.63) is 16.1 Å². The van der Waals surface area contributed by atoms with Gasteiger partial charge in [0.05, 0.1) is 10.7 Å². The van der Waals surface area contributed by atoms with Gasteiger partial charge in [-0.05, 0) is 19.4 Å². The van der Waals surface area contributed by atoms with Crippen molar-refractivity contribution in [2.45, 2.75) is 51.4 Å². The van der Waals surface area contributed by atoms with E-state index in [-0.39, 0.29) is 0 Å². The molecule has 1 heterocycles. The van der Waals surface area contributed by atoms with Crippen molar-refractivity contribution in [1.29, 1.82) is 0 Å². The van der Waals surface area contributed by atoms with E-state index in [0.29, 0.717) is 5.92 Å². The molecule has 1 aliphatic carbocycles. The molecular weight excluding hydrogens is 216 g/mol. The Morgan fingerprint density at radius 2 is 2.25 bits per heavy atom. The zero-order valence-corrected chi connectivity index (χ0v) is 11.1. The summed E-state index contributed by atoms with van der Waals surface area (Å²) >= 11 is 1.87. The smallest absolute Gasteiger partial charge is 0.0959 e. The van der Waals surface area contributed by atoms with Gasteiger partial charge in [0.15, 0.2) is 0 Å². The van der Waals surface area contributed by atoms with Gasteiger partial charge in [0, 0.05) is 23.8 Å². The molecule has 1 fully saturated rings. The first-order chi connectivity index (χ1) is 7.81. The molecule has 1 aromatic heterocycles. The molecule has 0 radical (unpaired) electrons. The lowest BCUT2D eigenvalue weighted by molar-refractivity contribution is 0.619. The molecule has 16 heavy (non-hydrogen) atoms. The third-order valence-electron chi connectivity index (χ3n) is 3.45. The first-order valence-electron chi connectivity index (χ1n) is 6.47. The van der Waals surface area contributed by atoms with Crippen molar-refractivity contribution in [3.63, 3.8) is 0 Å². The predicted octanol–water partition coefficient (Wildman–Crippen LogP) is 3.51. The summed E-state index contributed by atoms with van der Waals surface area (Å²) in [5.74, 6) is 1.32. The van der Waals surface area contributed by atoms with Crippen LogP contribution >= 0.6 is 11.3 Å². The second-order valence-corrected chi connectivity index (χ2v) is 5.69. The van der Waals surface area contributed by atoms with Gasteiger partial charge < -0.3 is 5.32 Å². The number of thiazole rings is 1. The van der Waals surface area contributed by atoms with Crippen molar-refractivity contribution < 1.29 is 0 Å². The Balaban J connectivity index is 1.95. The van der Waals surface area contributed by atoms with Crippen LogP contribution in [0.25, 0.3) is 0 Å². The zero-order chi connectivity index (χ0) is 11.4. The summed E-state index contributed by atoms with van der Waals surface area (Å²) in [5.41, 5.74) is 1.29. The van der Waals surface area contributed by atoms with Crippen LogP contribution in [0.5, 0.6) is 0 Å². The van der Waals surface area contributed by atoms with Gasteiger partial charge in [0.2, 0.25) is 0 Å². The Hall–Kier alpha value is -0.410. The van der Waals surface area contributed by atoms with Gasteiger partial charge in [-0.2, -0.15) is 0 Å². The zero-order valence-electron chi connectivity index (χ0n) is 10.3. The molecule has 90 valence electrons. The highest BCUT2D eigenvalue weighted by Crippen LogP contribution is 2.36. The van der Waals surface area contributed by atoms with Crippen LogP contribution in [0.2, 0.25) is 0 Å². The monoisotopic (exact) mass is 238 g/mol. The Morgan fingerprint density at radius 3 is 2.94 bits per heavy atom. The van der Waals surface area contributed by atoms with Crippen molar-refractivity contribution in [1.82, 2.24) is 10.3 Å². The molecule has 2 nitrogen and oxygen atoms in total. The molecule has 0 bridgehead atoms. The maximum Gasteiger partial charge on any atom is 0.0959 e. The van der Waals surface area contributed by atoms with Gasteiger partial charge in [-0.15, -0.1) is 11.3 Å². The van der Waals surface area contributed by atoms with Crippen LogP contribution in [0, 0.1) is 0 Å². The quantitative estimate of drug-likeness (QED) is 0.849. The molecule has 0 saturated heterocycles. The molecule has 1 N–H and O–H groups in total. The lowest BCUT2D eigenvalue weighted by Crippen LogP contribution is -2.19. The second-order valence-electron chi connectivity index (χ2n) is 4.80. The molecule has 1 saturated carbocycles. The molecule has 3 heteroatoms. The van der Waals surface area contributed by atoms with Crippen LogP contribution < -0.4 is 5.32 Å². The van der Waals surface area contributed by atoms with Crippen molar-refractivity contribution >= 4 is 11.3 Å². The number of hydrogen-bond acceptors (Lipinski definition) is 3. The third-order valence-corrected chi connectivity index (χ3v) is 4.48. The Morgan fingerprint density at radius 1 is 1.50 bits per heavy atom. The molecule has 0 aromatic carbocycles. The van der Waals surface area contributed by atoms with Gasteiger partial charge in [-0.25, -0.2) is 4.98 Å². The average molecular weight is 238 g/mol. The molecule has 1 unspecified atom stereocenters. The molecule has 1 aliphatic rings. The summed E-state index contributed by atoms with van der Waals surface area (Å²) < 4.78 is 0. The molecule has 1 aromatic rings. The average Bonchev–Trinajstić information content (AvgIpc) is 2.94. The minimum atomic E-state index is 0.548. The van der Waals surface area contributed by atoms with Crippen LogP contribution in [0.1, 0.15) is 62.1 Å². The highest BCUT2D eigenvalue weighted by Gasteiger charge is 2.21. The van der Waals surface area contributed by atoms with Crippen molar-refractivity contribution in [2.24, 2.45) is 0 Å². The van der Waals surface area contributed by atoms with Crippen LogP contribution in [0.15, 0.2) is 5.38 Å². The minimum absolute atomic E-state index is 0.548. The number of nitrogens with one attached hydrogen (secondary N) is 1. The maximum absolute atomic E-state index is 4.82. The molecule has 0 amide bonds. The fourth-order valence-corrected chi connectivity index (χ4v) is 3.47. The Labute approximate surface area is 102 Å². The van der Waals surface area contributed by atoms with Crippen LogP contribution in [-0.4, -0.2) is 18.1 Å². The normalized spacial score (nSPS) is 19.1. The van der Waals surface area contributed by atoms with E-state index in [4.69, 9.17) is 4.98 Å². The van der Waals surface area contributed by atoms with Crippen LogP contribution in [0.3, 0.4) is 0 Å². The van der Waals surface area contributed by atoms with E-state index in [1.165, 1.54) is 36.4 Å². The lowest BCUT2D eigenvalue weighted by Gasteiger charge is -2.09. The maximum atomic E-state index is 4.82. The van der Waals surface area contributed by atoms with E-state index in [9.17, 15) is 0 Å². The molecule has 2 rings (SSSR count). The van der Waals surface area contributed by atoms with Crippen LogP contribution in [-0.2, 0) is 0 Å². The molecule has 0 spiro atoms. The van der Waals surface area contributed by atoms with Crippen molar-refractivity contribution in [2.75, 3.05) is 13.1 Å². The predicted molar refractivity (Wildman–Crippen MR) is 70.3 cm³/mol. The summed E-state index contributed by atoms with van der Waals surface area (Å²) in [4.78, 5) is 4.82. The van der Waals surface area contributed by atoms with Crippen molar-refractivity contribution in [3.8, 4) is 0 Å². The van der Waals surface area contributed by atoms with Gasteiger partial charge in [-0.1, -0.05) is 26.7 Å². The standard InChI is InChI=1S/C13H22N2S/c1-3-14-8-10(2)12-9-16-13(15-12)11-6-4-5-7-11/h9-11,14H,3-8H2,1-2H3. The summed E-state index contributed by atoms with van der Waals surface area (Å²) in [6, 6.07) is 0. The Kier molecular flexibility index (Phi) is 4.36. The number of aromatic nitrogens is 1. The fourth-order valence-electron chi connectivity index (χ4n) is 2.35. The SMILES string of the molecule is CCNCC(C)c1csc(C2CCCC2)n1. The van der Waals surface area contributed by atoms with E-state index >= 15 is 0 Å². The van der Waals surface area contributed by atoms with E-state index in [1.54, 1.807) is 0 Å². The van der Waals surface area contributed by atoms with Gasteiger partial charge in [0.25, 0.3) is 0 Å². The largest absolute Gasteiger partial charge is 0.316 e. The first kappa shape index (κ1) is 12.1. The second kappa shape index (κ2) is 5.78. The summed E-state index contributed by atoms with van der Waals surface area (Å²) in [6.07, 6.45) is 5.50. The summed E-state index contributed by atoms with van der Waals surface area (Å²) in [6.45, 7) is 6.50. The van der Waals surface area contributed by atoms with E-state index in [1.807, 2.05) is 11.3 Å². The number of hydrogen-bond donors (Lipinski definition) is 1. The third kappa shape index (κ3) is 2.83. The fraction of sp³-hybridized carbons (Fsp3) is 0.769. The van der Waals surface area contributed by atoms with Gasteiger partial charge >= 0.3 is 0 Å². The lowest BCUT2D eigenvalue weighted by atomic mass is 10.1.